The summed E-state index contributed by atoms with van der Waals surface area (Å²) >= 11 is 2.73. The SMILES string of the molecule is C[C@@H](Nc1ccc(Br)c(C(F)(F)F)n1)C(=O)O. The molecule has 0 saturated heterocycles. The molecule has 1 rings (SSSR count). The number of aromatic nitrogens is 1. The highest BCUT2D eigenvalue weighted by Crippen LogP contribution is 2.34. The molecule has 1 heterocycles. The molecular formula is C9H8BrF3N2O2. The number of carboxylic acids is 1. The predicted molar refractivity (Wildman–Crippen MR) is 57.7 cm³/mol. The summed E-state index contributed by atoms with van der Waals surface area (Å²) < 4.78 is 37.3. The fourth-order valence-electron chi connectivity index (χ4n) is 1.00. The van der Waals surface area contributed by atoms with Gasteiger partial charge >= 0.3 is 12.1 Å². The van der Waals surface area contributed by atoms with Crippen LogP contribution in [0.3, 0.4) is 0 Å². The Morgan fingerprint density at radius 2 is 2.12 bits per heavy atom. The lowest BCUT2D eigenvalue weighted by molar-refractivity contribution is -0.141. The van der Waals surface area contributed by atoms with Gasteiger partial charge in [0.2, 0.25) is 0 Å². The maximum atomic E-state index is 12.5. The number of rotatable bonds is 3. The van der Waals surface area contributed by atoms with Gasteiger partial charge in [-0.1, -0.05) is 0 Å². The van der Waals surface area contributed by atoms with Crippen LogP contribution in [-0.4, -0.2) is 22.1 Å². The quantitative estimate of drug-likeness (QED) is 0.901. The molecule has 0 aliphatic rings. The van der Waals surface area contributed by atoms with Crippen molar-refractivity contribution in [3.8, 4) is 0 Å². The van der Waals surface area contributed by atoms with Crippen molar-refractivity contribution in [1.29, 1.82) is 0 Å². The topological polar surface area (TPSA) is 62.2 Å². The Kier molecular flexibility index (Phi) is 3.97. The molecular weight excluding hydrogens is 305 g/mol. The summed E-state index contributed by atoms with van der Waals surface area (Å²) in [6, 6.07) is 1.40. The summed E-state index contributed by atoms with van der Waals surface area (Å²) in [5.41, 5.74) is -1.10. The van der Waals surface area contributed by atoms with Crippen LogP contribution in [-0.2, 0) is 11.0 Å². The summed E-state index contributed by atoms with van der Waals surface area (Å²) in [6.45, 7) is 1.30. The van der Waals surface area contributed by atoms with Gasteiger partial charge in [-0.05, 0) is 35.0 Å². The highest BCUT2D eigenvalue weighted by atomic mass is 79.9. The van der Waals surface area contributed by atoms with Crippen molar-refractivity contribution in [1.82, 2.24) is 4.98 Å². The van der Waals surface area contributed by atoms with Crippen LogP contribution in [0.25, 0.3) is 0 Å². The molecule has 0 aliphatic heterocycles. The number of aliphatic carboxylic acids is 1. The summed E-state index contributed by atoms with van der Waals surface area (Å²) in [7, 11) is 0. The molecule has 0 bridgehead atoms. The van der Waals surface area contributed by atoms with Gasteiger partial charge in [-0.3, -0.25) is 4.79 Å². The Balaban J connectivity index is 3.01. The minimum absolute atomic E-state index is 0.143. The van der Waals surface area contributed by atoms with E-state index in [-0.39, 0.29) is 10.3 Å². The summed E-state index contributed by atoms with van der Waals surface area (Å²) in [5.74, 6) is -1.32. The summed E-state index contributed by atoms with van der Waals surface area (Å²) in [4.78, 5) is 13.9. The second-order valence-corrected chi connectivity index (χ2v) is 4.08. The third-order valence-corrected chi connectivity index (χ3v) is 2.49. The van der Waals surface area contributed by atoms with Crippen LogP contribution in [0.15, 0.2) is 16.6 Å². The van der Waals surface area contributed by atoms with E-state index in [4.69, 9.17) is 5.11 Å². The number of halogens is 4. The number of hydrogen-bond acceptors (Lipinski definition) is 3. The maximum Gasteiger partial charge on any atom is 0.434 e. The molecule has 1 atom stereocenters. The number of carboxylic acid groups (broad SMARTS) is 1. The zero-order valence-electron chi connectivity index (χ0n) is 8.55. The Morgan fingerprint density at radius 3 is 2.59 bits per heavy atom. The largest absolute Gasteiger partial charge is 0.480 e. The number of nitrogens with one attached hydrogen (secondary N) is 1. The molecule has 1 aromatic heterocycles. The first-order valence-electron chi connectivity index (χ1n) is 4.45. The molecule has 0 amide bonds. The number of hydrogen-bond donors (Lipinski definition) is 2. The van der Waals surface area contributed by atoms with E-state index in [1.807, 2.05) is 0 Å². The maximum absolute atomic E-state index is 12.5. The minimum atomic E-state index is -4.59. The van der Waals surface area contributed by atoms with Crippen molar-refractivity contribution in [2.24, 2.45) is 0 Å². The average Bonchev–Trinajstić information content (AvgIpc) is 2.19. The van der Waals surface area contributed by atoms with E-state index in [9.17, 15) is 18.0 Å². The van der Waals surface area contributed by atoms with E-state index >= 15 is 0 Å². The Hall–Kier alpha value is -1.31. The molecule has 0 spiro atoms. The first-order valence-corrected chi connectivity index (χ1v) is 5.24. The third-order valence-electron chi connectivity index (χ3n) is 1.85. The zero-order valence-corrected chi connectivity index (χ0v) is 10.1. The van der Waals surface area contributed by atoms with Gasteiger partial charge in [0.1, 0.15) is 11.9 Å². The van der Waals surface area contributed by atoms with Crippen molar-refractivity contribution in [3.05, 3.63) is 22.3 Å². The number of carbonyl (C=O) groups is 1. The number of anilines is 1. The van der Waals surface area contributed by atoms with Gasteiger partial charge in [0.25, 0.3) is 0 Å². The normalized spacial score (nSPS) is 13.2. The van der Waals surface area contributed by atoms with Crippen molar-refractivity contribution >= 4 is 27.7 Å². The van der Waals surface area contributed by atoms with Gasteiger partial charge in [-0.2, -0.15) is 13.2 Å². The second kappa shape index (κ2) is 4.91. The summed E-state index contributed by atoms with van der Waals surface area (Å²) in [5, 5.41) is 11.0. The van der Waals surface area contributed by atoms with Gasteiger partial charge in [0, 0.05) is 4.47 Å². The van der Waals surface area contributed by atoms with E-state index in [2.05, 4.69) is 26.2 Å². The van der Waals surface area contributed by atoms with Crippen LogP contribution < -0.4 is 5.32 Å². The van der Waals surface area contributed by atoms with E-state index < -0.39 is 23.9 Å². The minimum Gasteiger partial charge on any atom is -0.480 e. The monoisotopic (exact) mass is 312 g/mol. The fourth-order valence-corrected chi connectivity index (χ4v) is 1.45. The van der Waals surface area contributed by atoms with Gasteiger partial charge in [-0.15, -0.1) is 0 Å². The molecule has 4 nitrogen and oxygen atoms in total. The second-order valence-electron chi connectivity index (χ2n) is 3.23. The van der Waals surface area contributed by atoms with Crippen molar-refractivity contribution < 1.29 is 23.1 Å². The first kappa shape index (κ1) is 13.8. The van der Waals surface area contributed by atoms with E-state index in [0.29, 0.717) is 0 Å². The predicted octanol–water partition coefficient (Wildman–Crippen LogP) is 2.75. The molecule has 0 aliphatic carbocycles. The highest BCUT2D eigenvalue weighted by molar-refractivity contribution is 9.10. The Morgan fingerprint density at radius 1 is 1.53 bits per heavy atom. The van der Waals surface area contributed by atoms with Crippen LogP contribution in [0.1, 0.15) is 12.6 Å². The van der Waals surface area contributed by atoms with Gasteiger partial charge in [-0.25, -0.2) is 4.98 Å². The molecule has 0 saturated carbocycles. The summed E-state index contributed by atoms with van der Waals surface area (Å²) in [6.07, 6.45) is -4.59. The van der Waals surface area contributed by atoms with Crippen molar-refractivity contribution in [2.75, 3.05) is 5.32 Å². The Bertz CT molecular complexity index is 437. The van der Waals surface area contributed by atoms with E-state index in [1.54, 1.807) is 0 Å². The Labute approximate surface area is 103 Å². The average molecular weight is 313 g/mol. The van der Waals surface area contributed by atoms with Crippen LogP contribution >= 0.6 is 15.9 Å². The molecule has 2 N–H and O–H groups in total. The number of alkyl halides is 3. The molecule has 8 heteroatoms. The molecule has 0 unspecified atom stereocenters. The molecule has 0 radical (unpaired) electrons. The van der Waals surface area contributed by atoms with Crippen molar-refractivity contribution in [2.45, 2.75) is 19.1 Å². The highest BCUT2D eigenvalue weighted by Gasteiger charge is 2.35. The van der Waals surface area contributed by atoms with Gasteiger partial charge in [0.05, 0.1) is 0 Å². The van der Waals surface area contributed by atoms with Crippen LogP contribution in [0.4, 0.5) is 19.0 Å². The molecule has 0 aromatic carbocycles. The first-order chi connectivity index (χ1) is 7.71. The molecule has 17 heavy (non-hydrogen) atoms. The fraction of sp³-hybridized carbons (Fsp3) is 0.333. The lowest BCUT2D eigenvalue weighted by atomic mass is 10.3. The van der Waals surface area contributed by atoms with E-state index in [1.165, 1.54) is 13.0 Å². The number of nitrogens with zero attached hydrogens (tertiary/aromatic N) is 1. The van der Waals surface area contributed by atoms with Gasteiger partial charge in [0.15, 0.2) is 5.69 Å². The lowest BCUT2D eigenvalue weighted by Crippen LogP contribution is -2.26. The third kappa shape index (κ3) is 3.58. The molecule has 1 aromatic rings. The van der Waals surface area contributed by atoms with Crippen LogP contribution in [0, 0.1) is 0 Å². The standard InChI is InChI=1S/C9H8BrF3N2O2/c1-4(8(16)17)14-6-3-2-5(10)7(15-6)9(11,12)13/h2-4H,1H3,(H,14,15)(H,16,17)/t4-/m1/s1. The van der Waals surface area contributed by atoms with E-state index in [0.717, 1.165) is 6.07 Å². The number of pyridine rings is 1. The van der Waals surface area contributed by atoms with Crippen LogP contribution in [0.5, 0.6) is 0 Å². The zero-order chi connectivity index (χ0) is 13.2. The van der Waals surface area contributed by atoms with Crippen molar-refractivity contribution in [3.63, 3.8) is 0 Å². The smallest absolute Gasteiger partial charge is 0.434 e. The van der Waals surface area contributed by atoms with Crippen LogP contribution in [0.2, 0.25) is 0 Å². The molecule has 0 fully saturated rings. The van der Waals surface area contributed by atoms with Gasteiger partial charge < -0.3 is 10.4 Å². The lowest BCUT2D eigenvalue weighted by Gasteiger charge is -2.13. The molecule has 94 valence electrons.